The zero-order valence-corrected chi connectivity index (χ0v) is 11.8. The van der Waals surface area contributed by atoms with Crippen LogP contribution in [0.4, 0.5) is 0 Å². The molecule has 0 bridgehead atoms. The van der Waals surface area contributed by atoms with Crippen molar-refractivity contribution in [3.63, 3.8) is 0 Å². The van der Waals surface area contributed by atoms with Crippen LogP contribution < -0.4 is 4.74 Å². The molecule has 0 aromatic heterocycles. The van der Waals surface area contributed by atoms with Crippen LogP contribution in [0.5, 0.6) is 5.75 Å². The van der Waals surface area contributed by atoms with Crippen molar-refractivity contribution in [2.75, 3.05) is 20.7 Å². The Morgan fingerprint density at radius 2 is 2.00 bits per heavy atom. The van der Waals surface area contributed by atoms with Gasteiger partial charge in [-0.25, -0.2) is 12.7 Å². The number of sulfonamides is 1. The van der Waals surface area contributed by atoms with E-state index in [0.717, 1.165) is 4.47 Å². The highest BCUT2D eigenvalue weighted by Gasteiger charge is 2.18. The summed E-state index contributed by atoms with van der Waals surface area (Å²) in [6.45, 7) is 2.34. The SMILES string of the molecule is CCOc1cc(S(=O)(=O)N(C)C)ccc1Br. The van der Waals surface area contributed by atoms with Crippen LogP contribution in [0.2, 0.25) is 0 Å². The van der Waals surface area contributed by atoms with Crippen molar-refractivity contribution < 1.29 is 13.2 Å². The molecule has 0 radical (unpaired) electrons. The Morgan fingerprint density at radius 1 is 1.38 bits per heavy atom. The molecule has 0 fully saturated rings. The quantitative estimate of drug-likeness (QED) is 0.856. The number of hydrogen-bond acceptors (Lipinski definition) is 3. The molecule has 0 heterocycles. The first-order chi connectivity index (χ1) is 7.39. The van der Waals surface area contributed by atoms with Crippen LogP contribution in [0, 0.1) is 0 Å². The van der Waals surface area contributed by atoms with E-state index in [0.29, 0.717) is 12.4 Å². The van der Waals surface area contributed by atoms with Gasteiger partial charge in [0.15, 0.2) is 0 Å². The van der Waals surface area contributed by atoms with Gasteiger partial charge in [0.2, 0.25) is 10.0 Å². The molecule has 0 amide bonds. The summed E-state index contributed by atoms with van der Waals surface area (Å²) in [5, 5.41) is 0. The van der Waals surface area contributed by atoms with Crippen molar-refractivity contribution in [2.24, 2.45) is 0 Å². The molecule has 0 spiro atoms. The van der Waals surface area contributed by atoms with Crippen LogP contribution in [0.25, 0.3) is 0 Å². The van der Waals surface area contributed by atoms with E-state index < -0.39 is 10.0 Å². The maximum absolute atomic E-state index is 11.9. The molecule has 0 unspecified atom stereocenters. The summed E-state index contributed by atoms with van der Waals surface area (Å²) in [7, 11) is -0.406. The van der Waals surface area contributed by atoms with Crippen LogP contribution in [-0.4, -0.2) is 33.4 Å². The molecule has 0 saturated heterocycles. The maximum atomic E-state index is 11.9. The van der Waals surface area contributed by atoms with Gasteiger partial charge in [-0.05, 0) is 35.0 Å². The molecule has 1 aromatic rings. The molecular formula is C10H14BrNO3S. The first-order valence-electron chi connectivity index (χ1n) is 4.74. The molecule has 0 aliphatic heterocycles. The summed E-state index contributed by atoms with van der Waals surface area (Å²) in [6.07, 6.45) is 0. The molecule has 0 aliphatic rings. The number of halogens is 1. The Balaban J connectivity index is 3.23. The molecule has 16 heavy (non-hydrogen) atoms. The average Bonchev–Trinajstić information content (AvgIpc) is 2.21. The zero-order valence-electron chi connectivity index (χ0n) is 9.40. The van der Waals surface area contributed by atoms with E-state index >= 15 is 0 Å². The largest absolute Gasteiger partial charge is 0.493 e. The standard InChI is InChI=1S/C10H14BrNO3S/c1-4-15-10-7-8(5-6-9(10)11)16(13,14)12(2)3/h5-7H,4H2,1-3H3. The van der Waals surface area contributed by atoms with E-state index in [4.69, 9.17) is 4.74 Å². The topological polar surface area (TPSA) is 46.6 Å². The van der Waals surface area contributed by atoms with Crippen molar-refractivity contribution in [3.8, 4) is 5.75 Å². The lowest BCUT2D eigenvalue weighted by Gasteiger charge is -2.13. The second-order valence-corrected chi connectivity index (χ2v) is 6.32. The minimum absolute atomic E-state index is 0.226. The third kappa shape index (κ3) is 2.75. The fourth-order valence-corrected chi connectivity index (χ4v) is 2.40. The number of hydrogen-bond donors (Lipinski definition) is 0. The maximum Gasteiger partial charge on any atom is 0.242 e. The van der Waals surface area contributed by atoms with Gasteiger partial charge in [-0.3, -0.25) is 0 Å². The predicted octanol–water partition coefficient (Wildman–Crippen LogP) is 2.10. The van der Waals surface area contributed by atoms with Crippen molar-refractivity contribution in [1.29, 1.82) is 0 Å². The van der Waals surface area contributed by atoms with Gasteiger partial charge in [-0.2, -0.15) is 0 Å². The first-order valence-corrected chi connectivity index (χ1v) is 6.97. The van der Waals surface area contributed by atoms with Gasteiger partial charge in [0.1, 0.15) is 5.75 Å². The van der Waals surface area contributed by atoms with Crippen molar-refractivity contribution >= 4 is 26.0 Å². The van der Waals surface area contributed by atoms with Crippen LogP contribution in [0.15, 0.2) is 27.6 Å². The Bertz CT molecular complexity index is 471. The summed E-state index contributed by atoms with van der Waals surface area (Å²) in [6, 6.07) is 4.73. The summed E-state index contributed by atoms with van der Waals surface area (Å²) < 4.78 is 30.9. The van der Waals surface area contributed by atoms with E-state index in [-0.39, 0.29) is 4.90 Å². The van der Waals surface area contributed by atoms with Gasteiger partial charge in [-0.15, -0.1) is 0 Å². The molecule has 0 N–H and O–H groups in total. The zero-order chi connectivity index (χ0) is 12.3. The fraction of sp³-hybridized carbons (Fsp3) is 0.400. The predicted molar refractivity (Wildman–Crippen MR) is 66.2 cm³/mol. The van der Waals surface area contributed by atoms with E-state index in [1.165, 1.54) is 24.5 Å². The fourth-order valence-electron chi connectivity index (χ4n) is 1.12. The third-order valence-electron chi connectivity index (χ3n) is 1.98. The summed E-state index contributed by atoms with van der Waals surface area (Å²) in [5.74, 6) is 0.533. The van der Waals surface area contributed by atoms with E-state index in [1.54, 1.807) is 12.1 Å². The van der Waals surface area contributed by atoms with Gasteiger partial charge in [0.25, 0.3) is 0 Å². The van der Waals surface area contributed by atoms with Crippen LogP contribution in [0.3, 0.4) is 0 Å². The smallest absolute Gasteiger partial charge is 0.242 e. The average molecular weight is 308 g/mol. The molecule has 1 rings (SSSR count). The van der Waals surface area contributed by atoms with Gasteiger partial charge >= 0.3 is 0 Å². The molecule has 4 nitrogen and oxygen atoms in total. The van der Waals surface area contributed by atoms with Crippen molar-refractivity contribution in [3.05, 3.63) is 22.7 Å². The molecule has 6 heteroatoms. The second kappa shape index (κ2) is 5.16. The molecule has 1 aromatic carbocycles. The van der Waals surface area contributed by atoms with Crippen LogP contribution in [-0.2, 0) is 10.0 Å². The molecule has 0 atom stereocenters. The monoisotopic (exact) mass is 307 g/mol. The first kappa shape index (κ1) is 13.5. The lowest BCUT2D eigenvalue weighted by molar-refractivity contribution is 0.337. The van der Waals surface area contributed by atoms with E-state index in [1.807, 2.05) is 6.92 Å². The van der Waals surface area contributed by atoms with Gasteiger partial charge in [0, 0.05) is 20.2 Å². The van der Waals surface area contributed by atoms with Gasteiger partial charge < -0.3 is 4.74 Å². The normalized spacial score (nSPS) is 11.8. The van der Waals surface area contributed by atoms with Crippen LogP contribution in [0.1, 0.15) is 6.92 Å². The molecule has 0 saturated carbocycles. The van der Waals surface area contributed by atoms with E-state index in [2.05, 4.69) is 15.9 Å². The highest BCUT2D eigenvalue weighted by Crippen LogP contribution is 2.28. The molecule has 0 aliphatic carbocycles. The third-order valence-corrected chi connectivity index (χ3v) is 4.45. The minimum atomic E-state index is -3.40. The summed E-state index contributed by atoms with van der Waals surface area (Å²) in [5.41, 5.74) is 0. The number of nitrogens with zero attached hydrogens (tertiary/aromatic N) is 1. The van der Waals surface area contributed by atoms with Gasteiger partial charge in [-0.1, -0.05) is 0 Å². The lowest BCUT2D eigenvalue weighted by atomic mass is 10.3. The van der Waals surface area contributed by atoms with Crippen molar-refractivity contribution in [2.45, 2.75) is 11.8 Å². The highest BCUT2D eigenvalue weighted by atomic mass is 79.9. The summed E-state index contributed by atoms with van der Waals surface area (Å²) >= 11 is 3.30. The number of benzene rings is 1. The van der Waals surface area contributed by atoms with Gasteiger partial charge in [0.05, 0.1) is 16.0 Å². The second-order valence-electron chi connectivity index (χ2n) is 3.31. The Labute approximate surface area is 104 Å². The number of ether oxygens (including phenoxy) is 1. The molecule has 90 valence electrons. The highest BCUT2D eigenvalue weighted by molar-refractivity contribution is 9.10. The van der Waals surface area contributed by atoms with Crippen LogP contribution >= 0.6 is 15.9 Å². The summed E-state index contributed by atoms with van der Waals surface area (Å²) in [4.78, 5) is 0.226. The Morgan fingerprint density at radius 3 is 2.50 bits per heavy atom. The van der Waals surface area contributed by atoms with Crippen molar-refractivity contribution in [1.82, 2.24) is 4.31 Å². The molecular weight excluding hydrogens is 294 g/mol. The Hall–Kier alpha value is -0.590. The lowest BCUT2D eigenvalue weighted by Crippen LogP contribution is -2.22. The Kier molecular flexibility index (Phi) is 4.35. The van der Waals surface area contributed by atoms with E-state index in [9.17, 15) is 8.42 Å². The minimum Gasteiger partial charge on any atom is -0.493 e. The number of rotatable bonds is 4.